The molecular weight excluding hydrogens is 360 g/mol. The quantitative estimate of drug-likeness (QED) is 0.811. The molecule has 0 N–H and O–H groups in total. The molecule has 0 aromatic heterocycles. The van der Waals surface area contributed by atoms with Crippen LogP contribution in [-0.2, 0) is 20.3 Å². The van der Waals surface area contributed by atoms with Crippen molar-refractivity contribution in [1.29, 1.82) is 0 Å². The van der Waals surface area contributed by atoms with Crippen molar-refractivity contribution in [2.24, 2.45) is 0 Å². The molecule has 2 aromatic carbocycles. The fraction of sp³-hybridized carbons (Fsp3) is 0.429. The Morgan fingerprint density at radius 2 is 1.33 bits per heavy atom. The van der Waals surface area contributed by atoms with Gasteiger partial charge in [-0.05, 0) is 30.5 Å². The van der Waals surface area contributed by atoms with Gasteiger partial charge in [-0.2, -0.15) is 4.31 Å². The molecule has 4 rings (SSSR count). The van der Waals surface area contributed by atoms with Gasteiger partial charge in [-0.25, -0.2) is 8.42 Å². The van der Waals surface area contributed by atoms with Crippen LogP contribution in [0.3, 0.4) is 0 Å². The Balaban J connectivity index is 1.60. The van der Waals surface area contributed by atoms with Crippen LogP contribution in [0.4, 0.5) is 0 Å². The van der Waals surface area contributed by atoms with E-state index in [1.165, 1.54) is 5.56 Å². The van der Waals surface area contributed by atoms with Crippen molar-refractivity contribution in [3.05, 3.63) is 66.2 Å². The zero-order valence-corrected chi connectivity index (χ0v) is 16.3. The number of piperidine rings is 1. The van der Waals surface area contributed by atoms with Crippen molar-refractivity contribution in [3.8, 4) is 0 Å². The van der Waals surface area contributed by atoms with Gasteiger partial charge < -0.3 is 4.74 Å². The molecule has 0 aliphatic carbocycles. The average Bonchev–Trinajstić information content (AvgIpc) is 2.75. The van der Waals surface area contributed by atoms with Gasteiger partial charge in [-0.1, -0.05) is 48.5 Å². The number of morpholine rings is 1. The lowest BCUT2D eigenvalue weighted by Gasteiger charge is -2.50. The molecule has 2 aliphatic heterocycles. The van der Waals surface area contributed by atoms with Gasteiger partial charge >= 0.3 is 0 Å². The van der Waals surface area contributed by atoms with E-state index >= 15 is 0 Å². The first kappa shape index (κ1) is 18.6. The van der Waals surface area contributed by atoms with Crippen LogP contribution in [0.15, 0.2) is 65.6 Å². The molecule has 0 amide bonds. The molecule has 0 unspecified atom stereocenters. The van der Waals surface area contributed by atoms with E-state index < -0.39 is 10.0 Å². The summed E-state index contributed by atoms with van der Waals surface area (Å²) in [6.45, 7) is 4.31. The number of rotatable bonds is 4. The number of nitrogens with zero attached hydrogens (tertiary/aromatic N) is 2. The molecule has 2 fully saturated rings. The van der Waals surface area contributed by atoms with Crippen LogP contribution >= 0.6 is 0 Å². The van der Waals surface area contributed by atoms with E-state index in [0.29, 0.717) is 18.0 Å². The molecule has 144 valence electrons. The van der Waals surface area contributed by atoms with Gasteiger partial charge in [0.15, 0.2) is 0 Å². The fourth-order valence-electron chi connectivity index (χ4n) is 4.37. The molecule has 5 nitrogen and oxygen atoms in total. The number of hydrogen-bond donors (Lipinski definition) is 0. The Bertz CT molecular complexity index is 842. The first-order valence-electron chi connectivity index (χ1n) is 9.56. The summed E-state index contributed by atoms with van der Waals surface area (Å²) >= 11 is 0. The van der Waals surface area contributed by atoms with Crippen LogP contribution < -0.4 is 0 Å². The van der Waals surface area contributed by atoms with Gasteiger partial charge in [-0.15, -0.1) is 0 Å². The van der Waals surface area contributed by atoms with Crippen molar-refractivity contribution in [2.75, 3.05) is 39.4 Å². The fourth-order valence-corrected chi connectivity index (χ4v) is 5.83. The summed E-state index contributed by atoms with van der Waals surface area (Å²) < 4.78 is 33.2. The Kier molecular flexibility index (Phi) is 5.32. The first-order chi connectivity index (χ1) is 13.1. The van der Waals surface area contributed by atoms with E-state index in [1.807, 2.05) is 12.1 Å². The van der Waals surface area contributed by atoms with Crippen LogP contribution in [0.2, 0.25) is 0 Å². The molecule has 0 spiro atoms. The van der Waals surface area contributed by atoms with E-state index in [9.17, 15) is 8.42 Å². The number of sulfonamides is 1. The van der Waals surface area contributed by atoms with Gasteiger partial charge in [0.05, 0.1) is 18.1 Å². The van der Waals surface area contributed by atoms with Gasteiger partial charge in [0.25, 0.3) is 0 Å². The third kappa shape index (κ3) is 3.55. The van der Waals surface area contributed by atoms with Gasteiger partial charge in [0.2, 0.25) is 10.0 Å². The van der Waals surface area contributed by atoms with Gasteiger partial charge in [0.1, 0.15) is 0 Å². The van der Waals surface area contributed by atoms with Gasteiger partial charge in [0, 0.05) is 31.7 Å². The minimum Gasteiger partial charge on any atom is -0.379 e. The molecule has 2 aliphatic rings. The Morgan fingerprint density at radius 1 is 0.778 bits per heavy atom. The van der Waals surface area contributed by atoms with Crippen molar-refractivity contribution >= 4 is 10.0 Å². The third-order valence-electron chi connectivity index (χ3n) is 5.86. The van der Waals surface area contributed by atoms with E-state index in [2.05, 4.69) is 29.2 Å². The standard InChI is InChI=1S/C21H26N2O3S/c24-27(25,20-9-5-2-6-10-20)23-13-11-21(12-14-23,19-7-3-1-4-8-19)22-15-17-26-18-16-22/h1-10H,11-18H2. The Labute approximate surface area is 161 Å². The summed E-state index contributed by atoms with van der Waals surface area (Å²) in [6, 6.07) is 19.3. The summed E-state index contributed by atoms with van der Waals surface area (Å²) in [6.07, 6.45) is 1.59. The topological polar surface area (TPSA) is 49.9 Å². The number of hydrogen-bond acceptors (Lipinski definition) is 4. The van der Waals surface area contributed by atoms with Crippen molar-refractivity contribution in [3.63, 3.8) is 0 Å². The monoisotopic (exact) mass is 386 g/mol. The summed E-state index contributed by atoms with van der Waals surface area (Å²) in [7, 11) is -3.44. The van der Waals surface area contributed by atoms with Crippen molar-refractivity contribution in [1.82, 2.24) is 9.21 Å². The third-order valence-corrected chi connectivity index (χ3v) is 7.77. The molecule has 27 heavy (non-hydrogen) atoms. The van der Waals surface area contributed by atoms with Crippen LogP contribution in [-0.4, -0.2) is 57.0 Å². The maximum absolute atomic E-state index is 13.0. The normalized spacial score (nSPS) is 21.8. The van der Waals surface area contributed by atoms with E-state index in [-0.39, 0.29) is 5.54 Å². The molecule has 2 aromatic rings. The maximum atomic E-state index is 13.0. The van der Waals surface area contributed by atoms with Gasteiger partial charge in [-0.3, -0.25) is 4.90 Å². The molecular formula is C21H26N2O3S. The molecule has 0 atom stereocenters. The molecule has 6 heteroatoms. The number of ether oxygens (including phenoxy) is 1. The first-order valence-corrected chi connectivity index (χ1v) is 11.0. The molecule has 0 radical (unpaired) electrons. The second-order valence-corrected chi connectivity index (χ2v) is 9.15. The number of benzene rings is 2. The molecule has 2 heterocycles. The lowest BCUT2D eigenvalue weighted by atomic mass is 9.79. The minimum absolute atomic E-state index is 0.117. The summed E-state index contributed by atoms with van der Waals surface area (Å²) in [5, 5.41) is 0. The smallest absolute Gasteiger partial charge is 0.243 e. The average molecular weight is 387 g/mol. The second-order valence-electron chi connectivity index (χ2n) is 7.21. The summed E-state index contributed by atoms with van der Waals surface area (Å²) in [5.41, 5.74) is 1.16. The van der Waals surface area contributed by atoms with Crippen LogP contribution in [0.1, 0.15) is 18.4 Å². The van der Waals surface area contributed by atoms with E-state index in [4.69, 9.17) is 4.74 Å². The highest BCUT2D eigenvalue weighted by Gasteiger charge is 2.44. The van der Waals surface area contributed by atoms with Crippen molar-refractivity contribution < 1.29 is 13.2 Å². The minimum atomic E-state index is -3.44. The summed E-state index contributed by atoms with van der Waals surface area (Å²) in [4.78, 5) is 2.88. The Morgan fingerprint density at radius 3 is 1.93 bits per heavy atom. The lowest BCUT2D eigenvalue weighted by molar-refractivity contribution is -0.0439. The highest BCUT2D eigenvalue weighted by Crippen LogP contribution is 2.40. The molecule has 2 saturated heterocycles. The highest BCUT2D eigenvalue weighted by molar-refractivity contribution is 7.89. The van der Waals surface area contributed by atoms with E-state index in [0.717, 1.165) is 39.1 Å². The molecule has 0 bridgehead atoms. The highest BCUT2D eigenvalue weighted by atomic mass is 32.2. The van der Waals surface area contributed by atoms with E-state index in [1.54, 1.807) is 28.6 Å². The predicted octanol–water partition coefficient (Wildman–Crippen LogP) is 2.70. The predicted molar refractivity (Wildman–Crippen MR) is 105 cm³/mol. The zero-order valence-electron chi connectivity index (χ0n) is 15.5. The van der Waals surface area contributed by atoms with Crippen LogP contribution in [0.5, 0.6) is 0 Å². The van der Waals surface area contributed by atoms with Crippen LogP contribution in [0.25, 0.3) is 0 Å². The zero-order chi connectivity index (χ0) is 18.7. The second kappa shape index (κ2) is 7.72. The maximum Gasteiger partial charge on any atom is 0.243 e. The Hall–Kier alpha value is -1.73. The largest absolute Gasteiger partial charge is 0.379 e. The SMILES string of the molecule is O=S(=O)(c1ccccc1)N1CCC(c2ccccc2)(N2CCOCC2)CC1. The lowest BCUT2D eigenvalue weighted by Crippen LogP contribution is -2.57. The van der Waals surface area contributed by atoms with Crippen molar-refractivity contribution in [2.45, 2.75) is 23.3 Å². The van der Waals surface area contributed by atoms with Crippen LogP contribution in [0, 0.1) is 0 Å². The molecule has 0 saturated carbocycles. The summed E-state index contributed by atoms with van der Waals surface area (Å²) in [5.74, 6) is 0.